The van der Waals surface area contributed by atoms with Crippen LogP contribution in [0.2, 0.25) is 0 Å². The van der Waals surface area contributed by atoms with Gasteiger partial charge in [-0.15, -0.1) is 0 Å². The van der Waals surface area contributed by atoms with E-state index in [2.05, 4.69) is 10.3 Å². The molecular formula is C14H18N2O2. The third-order valence-electron chi connectivity index (χ3n) is 2.48. The van der Waals surface area contributed by atoms with Crippen molar-refractivity contribution in [1.82, 2.24) is 10.3 Å². The van der Waals surface area contributed by atoms with Crippen LogP contribution in [-0.4, -0.2) is 18.1 Å². The fraction of sp³-hybridized carbons (Fsp3) is 0.357. The molecule has 0 spiro atoms. The molecule has 0 saturated carbocycles. The van der Waals surface area contributed by atoms with Gasteiger partial charge in [0.05, 0.1) is 25.1 Å². The van der Waals surface area contributed by atoms with E-state index in [4.69, 9.17) is 9.15 Å². The van der Waals surface area contributed by atoms with Gasteiger partial charge >= 0.3 is 0 Å². The van der Waals surface area contributed by atoms with Crippen LogP contribution in [0.3, 0.4) is 0 Å². The third-order valence-corrected chi connectivity index (χ3v) is 2.48. The Morgan fingerprint density at radius 2 is 2.22 bits per heavy atom. The van der Waals surface area contributed by atoms with Gasteiger partial charge in [-0.2, -0.15) is 0 Å². The van der Waals surface area contributed by atoms with E-state index < -0.39 is 0 Å². The number of hydrogen-bond donors (Lipinski definition) is 1. The van der Waals surface area contributed by atoms with E-state index in [0.717, 1.165) is 22.6 Å². The molecule has 4 nitrogen and oxygen atoms in total. The number of furan rings is 1. The highest BCUT2D eigenvalue weighted by molar-refractivity contribution is 5.65. The summed E-state index contributed by atoms with van der Waals surface area (Å²) in [5.41, 5.74) is 2.05. The Kier molecular flexibility index (Phi) is 3.99. The second kappa shape index (κ2) is 5.69. The van der Waals surface area contributed by atoms with Gasteiger partial charge in [0.1, 0.15) is 11.5 Å². The van der Waals surface area contributed by atoms with Crippen molar-refractivity contribution in [3.63, 3.8) is 0 Å². The molecule has 0 aliphatic rings. The average molecular weight is 246 g/mol. The van der Waals surface area contributed by atoms with Crippen molar-refractivity contribution in [3.8, 4) is 16.9 Å². The summed E-state index contributed by atoms with van der Waals surface area (Å²) in [6.45, 7) is 4.69. The lowest BCUT2D eigenvalue weighted by Gasteiger charge is -2.10. The van der Waals surface area contributed by atoms with Crippen LogP contribution < -0.4 is 10.1 Å². The van der Waals surface area contributed by atoms with Crippen molar-refractivity contribution in [2.24, 2.45) is 0 Å². The highest BCUT2D eigenvalue weighted by Crippen LogP contribution is 2.27. The maximum absolute atomic E-state index is 5.64. The molecule has 18 heavy (non-hydrogen) atoms. The van der Waals surface area contributed by atoms with Crippen LogP contribution in [0.25, 0.3) is 11.1 Å². The third kappa shape index (κ3) is 2.90. The number of pyridine rings is 1. The highest BCUT2D eigenvalue weighted by atomic mass is 16.5. The fourth-order valence-electron chi connectivity index (χ4n) is 1.80. The molecular weight excluding hydrogens is 228 g/mol. The molecule has 96 valence electrons. The molecule has 0 bridgehead atoms. The Labute approximate surface area is 107 Å². The zero-order chi connectivity index (χ0) is 13.0. The molecule has 2 heterocycles. The standard InChI is InChI=1S/C14H18N2O2/c1-10(2)18-12-6-11(7-16-8-12)13-4-5-17-14(13)9-15-3/h4-8,10,15H,9H2,1-3H3. The lowest BCUT2D eigenvalue weighted by Crippen LogP contribution is -2.06. The molecule has 0 saturated heterocycles. The molecule has 0 fully saturated rings. The van der Waals surface area contributed by atoms with Crippen LogP contribution in [0.15, 0.2) is 35.2 Å². The van der Waals surface area contributed by atoms with Gasteiger partial charge in [0.25, 0.3) is 0 Å². The van der Waals surface area contributed by atoms with E-state index in [1.807, 2.05) is 39.2 Å². The van der Waals surface area contributed by atoms with Crippen LogP contribution in [0.4, 0.5) is 0 Å². The minimum absolute atomic E-state index is 0.142. The van der Waals surface area contributed by atoms with Gasteiger partial charge in [-0.1, -0.05) is 0 Å². The van der Waals surface area contributed by atoms with Crippen molar-refractivity contribution in [1.29, 1.82) is 0 Å². The Hall–Kier alpha value is -1.81. The maximum atomic E-state index is 5.64. The highest BCUT2D eigenvalue weighted by Gasteiger charge is 2.09. The molecule has 4 heteroatoms. The minimum Gasteiger partial charge on any atom is -0.489 e. The summed E-state index contributed by atoms with van der Waals surface area (Å²) in [7, 11) is 1.89. The lowest BCUT2D eigenvalue weighted by atomic mass is 10.1. The summed E-state index contributed by atoms with van der Waals surface area (Å²) >= 11 is 0. The van der Waals surface area contributed by atoms with Crippen molar-refractivity contribution in [3.05, 3.63) is 36.5 Å². The number of hydrogen-bond acceptors (Lipinski definition) is 4. The molecule has 2 aromatic heterocycles. The second-order valence-electron chi connectivity index (χ2n) is 4.36. The van der Waals surface area contributed by atoms with Crippen molar-refractivity contribution in [2.45, 2.75) is 26.5 Å². The first-order chi connectivity index (χ1) is 8.70. The van der Waals surface area contributed by atoms with E-state index in [1.165, 1.54) is 0 Å². The molecule has 0 aliphatic heterocycles. The van der Waals surface area contributed by atoms with E-state index >= 15 is 0 Å². The summed E-state index contributed by atoms with van der Waals surface area (Å²) < 4.78 is 11.1. The van der Waals surface area contributed by atoms with Gasteiger partial charge in [0.2, 0.25) is 0 Å². The smallest absolute Gasteiger partial charge is 0.138 e. The molecule has 2 aromatic rings. The fourth-order valence-corrected chi connectivity index (χ4v) is 1.80. The monoisotopic (exact) mass is 246 g/mol. The maximum Gasteiger partial charge on any atom is 0.138 e. The second-order valence-corrected chi connectivity index (χ2v) is 4.36. The van der Waals surface area contributed by atoms with Crippen molar-refractivity contribution < 1.29 is 9.15 Å². The zero-order valence-corrected chi connectivity index (χ0v) is 10.9. The summed E-state index contributed by atoms with van der Waals surface area (Å²) in [5.74, 6) is 1.68. The van der Waals surface area contributed by atoms with Gasteiger partial charge in [0.15, 0.2) is 0 Å². The van der Waals surface area contributed by atoms with Crippen LogP contribution in [0, 0.1) is 0 Å². The van der Waals surface area contributed by atoms with E-state index in [0.29, 0.717) is 6.54 Å². The predicted molar refractivity (Wildman–Crippen MR) is 70.5 cm³/mol. The molecule has 0 unspecified atom stereocenters. The largest absolute Gasteiger partial charge is 0.489 e. The Bertz CT molecular complexity index is 506. The molecule has 0 atom stereocenters. The number of nitrogens with zero attached hydrogens (tertiary/aromatic N) is 1. The zero-order valence-electron chi connectivity index (χ0n) is 10.9. The quantitative estimate of drug-likeness (QED) is 0.881. The summed E-state index contributed by atoms with van der Waals surface area (Å²) in [5, 5.41) is 3.08. The van der Waals surface area contributed by atoms with Crippen molar-refractivity contribution >= 4 is 0 Å². The molecule has 0 aliphatic carbocycles. The summed E-state index contributed by atoms with van der Waals surface area (Å²) in [6.07, 6.45) is 5.37. The topological polar surface area (TPSA) is 47.3 Å². The van der Waals surface area contributed by atoms with Gasteiger partial charge in [-0.25, -0.2) is 0 Å². The molecule has 0 aromatic carbocycles. The van der Waals surface area contributed by atoms with E-state index in [1.54, 1.807) is 12.5 Å². The first kappa shape index (κ1) is 12.6. The van der Waals surface area contributed by atoms with Gasteiger partial charge in [-0.05, 0) is 33.0 Å². The number of rotatable bonds is 5. The SMILES string of the molecule is CNCc1occc1-c1cncc(OC(C)C)c1. The van der Waals surface area contributed by atoms with E-state index in [-0.39, 0.29) is 6.10 Å². The Balaban J connectivity index is 2.29. The Morgan fingerprint density at radius 1 is 1.39 bits per heavy atom. The number of aromatic nitrogens is 1. The molecule has 0 amide bonds. The first-order valence-corrected chi connectivity index (χ1v) is 6.03. The van der Waals surface area contributed by atoms with Crippen LogP contribution in [-0.2, 0) is 6.54 Å². The first-order valence-electron chi connectivity index (χ1n) is 6.03. The number of nitrogens with one attached hydrogen (secondary N) is 1. The van der Waals surface area contributed by atoms with Crippen molar-refractivity contribution in [2.75, 3.05) is 7.05 Å². The Morgan fingerprint density at radius 3 is 2.94 bits per heavy atom. The molecule has 0 radical (unpaired) electrons. The molecule has 1 N–H and O–H groups in total. The predicted octanol–water partition coefficient (Wildman–Crippen LogP) is 2.85. The van der Waals surface area contributed by atoms with Crippen LogP contribution in [0.1, 0.15) is 19.6 Å². The van der Waals surface area contributed by atoms with E-state index in [9.17, 15) is 0 Å². The van der Waals surface area contributed by atoms with Crippen LogP contribution in [0.5, 0.6) is 5.75 Å². The van der Waals surface area contributed by atoms with Crippen LogP contribution >= 0.6 is 0 Å². The average Bonchev–Trinajstić information content (AvgIpc) is 2.77. The van der Waals surface area contributed by atoms with Gasteiger partial charge in [-0.3, -0.25) is 4.98 Å². The number of ether oxygens (including phenoxy) is 1. The van der Waals surface area contributed by atoms with Gasteiger partial charge in [0, 0.05) is 17.3 Å². The summed E-state index contributed by atoms with van der Waals surface area (Å²) in [4.78, 5) is 4.21. The minimum atomic E-state index is 0.142. The summed E-state index contributed by atoms with van der Waals surface area (Å²) in [6, 6.07) is 3.93. The normalized spacial score (nSPS) is 10.9. The molecule has 2 rings (SSSR count). The lowest BCUT2D eigenvalue weighted by molar-refractivity contribution is 0.241. The van der Waals surface area contributed by atoms with Gasteiger partial charge < -0.3 is 14.5 Å².